The molecule has 10 heteroatoms. The molecule has 0 bridgehead atoms. The minimum atomic E-state index is -0.615. The summed E-state index contributed by atoms with van der Waals surface area (Å²) in [6, 6.07) is 0. The Morgan fingerprint density at radius 1 is 1.34 bits per heavy atom. The number of nitrogens with one attached hydrogen (secondary N) is 1. The zero-order valence-corrected chi connectivity index (χ0v) is 23.4. The Kier molecular flexibility index (Phi) is 7.37. The molecule has 0 radical (unpaired) electrons. The summed E-state index contributed by atoms with van der Waals surface area (Å²) in [5.41, 5.74) is 2.36. The van der Waals surface area contributed by atoms with Crippen LogP contribution >= 0.6 is 22.9 Å². The molecule has 0 aromatic carbocycles. The Bertz CT molecular complexity index is 1280. The lowest BCUT2D eigenvalue weighted by Gasteiger charge is -2.51. The lowest BCUT2D eigenvalue weighted by molar-refractivity contribution is -0.136. The van der Waals surface area contributed by atoms with Gasteiger partial charge in [-0.25, -0.2) is 14.2 Å². The van der Waals surface area contributed by atoms with Gasteiger partial charge in [0.1, 0.15) is 10.8 Å². The number of halogens is 2. The molecule has 7 nitrogen and oxygen atoms in total. The number of thiazole rings is 1. The van der Waals surface area contributed by atoms with Gasteiger partial charge in [0.25, 0.3) is 0 Å². The number of piperidine rings is 1. The highest BCUT2D eigenvalue weighted by atomic mass is 35.5. The Morgan fingerprint density at radius 2 is 2.13 bits per heavy atom. The first-order valence-electron chi connectivity index (χ1n) is 12.7. The number of dihydropyridines is 1. The standard InChI is InChI=1S/C28H32ClFN4O3S/c1-16(30)5-7-20(17(2)29)21-11-23(26-31-9-10-38-26)32-24(25(21)27(36)37-4)13-34-15-28(34)14-33(18(3)35)12-19-6-8-22(19)28/h5,7,9-11,19,21-22,32H,1,6,8,12-15H2,2-4H3/b7-5-,20-17-/t19?,21-,22?,28?,34?/m0/s1. The summed E-state index contributed by atoms with van der Waals surface area (Å²) in [5, 5.41) is 6.54. The monoisotopic (exact) mass is 558 g/mol. The molecule has 38 heavy (non-hydrogen) atoms. The normalized spacial score (nSPS) is 30.8. The quantitative estimate of drug-likeness (QED) is 0.299. The number of hydrogen-bond donors (Lipinski definition) is 1. The van der Waals surface area contributed by atoms with E-state index in [4.69, 9.17) is 16.3 Å². The van der Waals surface area contributed by atoms with Crippen molar-refractivity contribution in [2.24, 2.45) is 17.8 Å². The first kappa shape index (κ1) is 26.8. The van der Waals surface area contributed by atoms with Crippen LogP contribution in [0.5, 0.6) is 0 Å². The minimum Gasteiger partial charge on any atom is -0.466 e. The van der Waals surface area contributed by atoms with Crippen LogP contribution in [0.25, 0.3) is 5.70 Å². The number of aromatic nitrogens is 1. The van der Waals surface area contributed by atoms with Gasteiger partial charge in [-0.2, -0.15) is 0 Å². The first-order chi connectivity index (χ1) is 18.1. The number of carbonyl (C=O) groups is 2. The van der Waals surface area contributed by atoms with E-state index >= 15 is 0 Å². The van der Waals surface area contributed by atoms with Crippen molar-refractivity contribution in [2.75, 3.05) is 33.3 Å². The van der Waals surface area contributed by atoms with Gasteiger partial charge in [-0.1, -0.05) is 24.3 Å². The highest BCUT2D eigenvalue weighted by molar-refractivity contribution is 7.10. The van der Waals surface area contributed by atoms with Gasteiger partial charge in [0.15, 0.2) is 0 Å². The fourth-order valence-corrected chi connectivity index (χ4v) is 7.06. The molecule has 4 aliphatic rings. The SMILES string of the molecule is C=C(F)/C=C\C(=C(/C)Cl)[C@@H]1C=C(c2nccs2)NC(CN2CC23CN(C(C)=O)CC2CCC23)=C1C(=O)OC. The molecule has 1 aliphatic carbocycles. The molecule has 1 aromatic rings. The van der Waals surface area contributed by atoms with E-state index in [0.717, 1.165) is 36.6 Å². The molecular weight excluding hydrogens is 527 g/mol. The summed E-state index contributed by atoms with van der Waals surface area (Å²) < 4.78 is 18.9. The smallest absolute Gasteiger partial charge is 0.336 e. The van der Waals surface area contributed by atoms with Crippen molar-refractivity contribution in [1.82, 2.24) is 20.1 Å². The van der Waals surface area contributed by atoms with Crippen molar-refractivity contribution in [3.05, 3.63) is 69.1 Å². The molecule has 3 fully saturated rings. The molecule has 2 saturated heterocycles. The second-order valence-electron chi connectivity index (χ2n) is 10.5. The molecule has 3 aliphatic heterocycles. The summed E-state index contributed by atoms with van der Waals surface area (Å²) >= 11 is 7.99. The van der Waals surface area contributed by atoms with Crippen LogP contribution < -0.4 is 5.32 Å². The third-order valence-electron chi connectivity index (χ3n) is 8.31. The van der Waals surface area contributed by atoms with Crippen molar-refractivity contribution in [1.29, 1.82) is 0 Å². The summed E-state index contributed by atoms with van der Waals surface area (Å²) in [7, 11) is 1.35. The molecule has 5 atom stereocenters. The van der Waals surface area contributed by atoms with Crippen molar-refractivity contribution in [3.63, 3.8) is 0 Å². The van der Waals surface area contributed by atoms with Crippen LogP contribution in [0, 0.1) is 17.8 Å². The first-order valence-corrected chi connectivity index (χ1v) is 14.0. The van der Waals surface area contributed by atoms with Gasteiger partial charge in [-0.15, -0.1) is 11.3 Å². The van der Waals surface area contributed by atoms with E-state index in [9.17, 15) is 14.0 Å². The number of fused-ring (bicyclic) bond motifs is 2. The second kappa shape index (κ2) is 10.4. The van der Waals surface area contributed by atoms with Crippen molar-refractivity contribution in [3.8, 4) is 0 Å². The van der Waals surface area contributed by atoms with Gasteiger partial charge in [-0.3, -0.25) is 9.69 Å². The van der Waals surface area contributed by atoms with Crippen LogP contribution in [-0.2, 0) is 14.3 Å². The molecule has 1 N–H and O–H groups in total. The van der Waals surface area contributed by atoms with E-state index < -0.39 is 17.7 Å². The van der Waals surface area contributed by atoms with Crippen LogP contribution in [0.1, 0.15) is 31.7 Å². The molecule has 202 valence electrons. The molecule has 1 spiro atoms. The lowest BCUT2D eigenvalue weighted by atomic mass is 9.63. The number of likely N-dealkylation sites (tertiary alicyclic amines) is 1. The maximum atomic E-state index is 13.6. The minimum absolute atomic E-state index is 0.0757. The van der Waals surface area contributed by atoms with Crippen LogP contribution in [0.2, 0.25) is 0 Å². The predicted octanol–water partition coefficient (Wildman–Crippen LogP) is 4.63. The lowest BCUT2D eigenvalue weighted by Crippen LogP contribution is -2.58. The topological polar surface area (TPSA) is 74.5 Å². The molecule has 4 heterocycles. The van der Waals surface area contributed by atoms with Crippen LogP contribution in [-0.4, -0.2) is 65.5 Å². The maximum absolute atomic E-state index is 13.6. The third kappa shape index (κ3) is 4.87. The molecule has 5 rings (SSSR count). The van der Waals surface area contributed by atoms with E-state index in [1.54, 1.807) is 26.1 Å². The largest absolute Gasteiger partial charge is 0.466 e. The predicted molar refractivity (Wildman–Crippen MR) is 146 cm³/mol. The Labute approximate surface area is 231 Å². The summed E-state index contributed by atoms with van der Waals surface area (Å²) in [4.78, 5) is 34.4. The van der Waals surface area contributed by atoms with E-state index in [2.05, 4.69) is 21.8 Å². The highest BCUT2D eigenvalue weighted by Crippen LogP contribution is 2.55. The van der Waals surface area contributed by atoms with Crippen molar-refractivity contribution < 1.29 is 18.7 Å². The number of hydrogen-bond acceptors (Lipinski definition) is 7. The Balaban J connectivity index is 1.54. The molecular formula is C28H32ClFN4O3S. The highest BCUT2D eigenvalue weighted by Gasteiger charge is 2.64. The van der Waals surface area contributed by atoms with Crippen LogP contribution in [0.4, 0.5) is 4.39 Å². The van der Waals surface area contributed by atoms with Crippen LogP contribution in [0.15, 0.2) is 64.1 Å². The molecule has 1 saturated carbocycles. The molecule has 4 unspecified atom stereocenters. The molecule has 1 aromatic heterocycles. The van der Waals surface area contributed by atoms with Gasteiger partial charge in [0.05, 0.1) is 23.9 Å². The van der Waals surface area contributed by atoms with Crippen molar-refractivity contribution in [2.45, 2.75) is 32.2 Å². The maximum Gasteiger partial charge on any atom is 0.336 e. The number of esters is 1. The van der Waals surface area contributed by atoms with Gasteiger partial charge in [-0.05, 0) is 49.3 Å². The number of carbonyl (C=O) groups excluding carboxylic acids is 2. The zero-order chi connectivity index (χ0) is 27.2. The van der Waals surface area contributed by atoms with E-state index in [-0.39, 0.29) is 11.4 Å². The van der Waals surface area contributed by atoms with E-state index in [1.165, 1.54) is 24.5 Å². The third-order valence-corrected chi connectivity index (χ3v) is 9.34. The fraction of sp³-hybridized carbons (Fsp3) is 0.464. The number of allylic oxidation sites excluding steroid dienone is 6. The Morgan fingerprint density at radius 3 is 2.71 bits per heavy atom. The van der Waals surface area contributed by atoms with Gasteiger partial charge < -0.3 is 15.0 Å². The number of ether oxygens (including phenoxy) is 1. The average Bonchev–Trinajstić information content (AvgIpc) is 3.23. The van der Waals surface area contributed by atoms with Gasteiger partial charge in [0, 0.05) is 61.3 Å². The summed E-state index contributed by atoms with van der Waals surface area (Å²) in [6.45, 7) is 9.53. The average molecular weight is 559 g/mol. The number of nitrogens with zero attached hydrogens (tertiary/aromatic N) is 3. The number of rotatable bonds is 7. The van der Waals surface area contributed by atoms with E-state index in [1.807, 2.05) is 16.4 Å². The summed E-state index contributed by atoms with van der Waals surface area (Å²) in [5.74, 6) is -0.505. The fourth-order valence-electron chi connectivity index (χ4n) is 6.26. The van der Waals surface area contributed by atoms with E-state index in [0.29, 0.717) is 46.8 Å². The number of methoxy groups -OCH3 is 1. The van der Waals surface area contributed by atoms with Gasteiger partial charge >= 0.3 is 5.97 Å². The second-order valence-corrected chi connectivity index (χ2v) is 11.9. The summed E-state index contributed by atoms with van der Waals surface area (Å²) in [6.07, 6.45) is 8.71. The zero-order valence-electron chi connectivity index (χ0n) is 21.8. The van der Waals surface area contributed by atoms with Gasteiger partial charge in [0.2, 0.25) is 5.91 Å². The van der Waals surface area contributed by atoms with Crippen LogP contribution in [0.3, 0.4) is 0 Å². The Hall–Kier alpha value is -2.75. The van der Waals surface area contributed by atoms with Crippen molar-refractivity contribution >= 4 is 40.5 Å². The number of amides is 1. The molecule has 1 amide bonds.